The van der Waals surface area contributed by atoms with Gasteiger partial charge in [0.15, 0.2) is 0 Å². The SMILES string of the molecule is CCOc1ccccc1[C@@H]1/C(=C(\O)c2ccc(OC(C)C)cc2)C(=O)C(=O)N1CCN(C)C. The van der Waals surface area contributed by atoms with E-state index in [2.05, 4.69) is 0 Å². The number of hydrogen-bond donors (Lipinski definition) is 1. The summed E-state index contributed by atoms with van der Waals surface area (Å²) in [6, 6.07) is 13.4. The average Bonchev–Trinajstić information content (AvgIpc) is 3.02. The molecule has 7 nitrogen and oxygen atoms in total. The van der Waals surface area contributed by atoms with Crippen LogP contribution in [0, 0.1) is 0 Å². The molecular weight excluding hydrogens is 420 g/mol. The topological polar surface area (TPSA) is 79.3 Å². The van der Waals surface area contributed by atoms with Crippen LogP contribution in [0.2, 0.25) is 0 Å². The molecule has 3 rings (SSSR count). The van der Waals surface area contributed by atoms with Gasteiger partial charge in [-0.05, 0) is 65.2 Å². The van der Waals surface area contributed by atoms with E-state index in [4.69, 9.17) is 9.47 Å². The molecule has 2 aromatic carbocycles. The number of ether oxygens (including phenoxy) is 2. The van der Waals surface area contributed by atoms with Crippen molar-refractivity contribution in [3.63, 3.8) is 0 Å². The third kappa shape index (κ3) is 5.37. The van der Waals surface area contributed by atoms with E-state index in [1.165, 1.54) is 4.90 Å². The van der Waals surface area contributed by atoms with Crippen LogP contribution in [0.1, 0.15) is 37.9 Å². The zero-order valence-electron chi connectivity index (χ0n) is 19.9. The second-order valence-electron chi connectivity index (χ2n) is 8.46. The number of Topliss-reactive ketones (excluding diaryl/α,β-unsaturated/α-hetero) is 1. The predicted octanol–water partition coefficient (Wildman–Crippen LogP) is 3.86. The van der Waals surface area contributed by atoms with E-state index >= 15 is 0 Å². The predicted molar refractivity (Wildman–Crippen MR) is 127 cm³/mol. The maximum absolute atomic E-state index is 13.2. The first kappa shape index (κ1) is 24.3. The summed E-state index contributed by atoms with van der Waals surface area (Å²) in [5, 5.41) is 11.2. The van der Waals surface area contributed by atoms with Gasteiger partial charge in [-0.25, -0.2) is 0 Å². The Kier molecular flexibility index (Phi) is 7.76. The molecule has 0 saturated carbocycles. The number of benzene rings is 2. The summed E-state index contributed by atoms with van der Waals surface area (Å²) in [7, 11) is 3.81. The van der Waals surface area contributed by atoms with Crippen molar-refractivity contribution in [1.29, 1.82) is 0 Å². The lowest BCUT2D eigenvalue weighted by Gasteiger charge is -2.27. The van der Waals surface area contributed by atoms with Crippen LogP contribution in [-0.4, -0.2) is 66.5 Å². The fraction of sp³-hybridized carbons (Fsp3) is 0.385. The van der Waals surface area contributed by atoms with Crippen LogP contribution in [-0.2, 0) is 9.59 Å². The Hall–Kier alpha value is -3.32. The van der Waals surface area contributed by atoms with Gasteiger partial charge in [-0.15, -0.1) is 0 Å². The summed E-state index contributed by atoms with van der Waals surface area (Å²) in [5.74, 6) is -0.313. The van der Waals surface area contributed by atoms with E-state index in [9.17, 15) is 14.7 Å². The first-order valence-corrected chi connectivity index (χ1v) is 11.2. The Bertz CT molecular complexity index is 1030. The van der Waals surface area contributed by atoms with E-state index in [0.717, 1.165) is 0 Å². The third-order valence-corrected chi connectivity index (χ3v) is 5.34. The van der Waals surface area contributed by atoms with E-state index in [1.807, 2.05) is 64.0 Å². The second kappa shape index (κ2) is 10.5. The molecule has 176 valence electrons. The van der Waals surface area contributed by atoms with E-state index < -0.39 is 17.7 Å². The van der Waals surface area contributed by atoms with Crippen LogP contribution < -0.4 is 9.47 Å². The number of para-hydroxylation sites is 1. The van der Waals surface area contributed by atoms with Crippen LogP contribution in [0.5, 0.6) is 11.5 Å². The van der Waals surface area contributed by atoms with Gasteiger partial charge in [0, 0.05) is 24.2 Å². The van der Waals surface area contributed by atoms with Crippen molar-refractivity contribution >= 4 is 17.4 Å². The van der Waals surface area contributed by atoms with Crippen molar-refractivity contribution in [1.82, 2.24) is 9.80 Å². The number of aliphatic hydroxyl groups excluding tert-OH is 1. The van der Waals surface area contributed by atoms with Gasteiger partial charge in [-0.2, -0.15) is 0 Å². The molecule has 0 unspecified atom stereocenters. The molecule has 1 aliphatic rings. The van der Waals surface area contributed by atoms with Crippen LogP contribution >= 0.6 is 0 Å². The molecule has 1 atom stereocenters. The monoisotopic (exact) mass is 452 g/mol. The molecule has 0 spiro atoms. The van der Waals surface area contributed by atoms with Crippen molar-refractivity contribution in [2.75, 3.05) is 33.8 Å². The van der Waals surface area contributed by atoms with Gasteiger partial charge < -0.3 is 24.4 Å². The number of carbonyl (C=O) groups is 2. The van der Waals surface area contributed by atoms with Gasteiger partial charge in [-0.3, -0.25) is 9.59 Å². The number of carbonyl (C=O) groups excluding carboxylic acids is 2. The van der Waals surface area contributed by atoms with Crippen LogP contribution in [0.3, 0.4) is 0 Å². The fourth-order valence-electron chi connectivity index (χ4n) is 3.85. The molecule has 0 bridgehead atoms. The minimum atomic E-state index is -0.751. The zero-order chi connectivity index (χ0) is 24.1. The number of likely N-dealkylation sites (tertiary alicyclic amines) is 1. The fourth-order valence-corrected chi connectivity index (χ4v) is 3.85. The minimum Gasteiger partial charge on any atom is -0.507 e. The molecule has 1 aliphatic heterocycles. The Balaban J connectivity index is 2.12. The minimum absolute atomic E-state index is 0.0153. The second-order valence-corrected chi connectivity index (χ2v) is 8.46. The maximum Gasteiger partial charge on any atom is 0.295 e. The van der Waals surface area contributed by atoms with Crippen LogP contribution in [0.4, 0.5) is 0 Å². The first-order valence-electron chi connectivity index (χ1n) is 11.2. The molecule has 1 amide bonds. The quantitative estimate of drug-likeness (QED) is 0.354. The zero-order valence-corrected chi connectivity index (χ0v) is 19.9. The summed E-state index contributed by atoms with van der Waals surface area (Å²) >= 11 is 0. The maximum atomic E-state index is 13.2. The lowest BCUT2D eigenvalue weighted by molar-refractivity contribution is -0.140. The summed E-state index contributed by atoms with van der Waals surface area (Å²) in [6.07, 6.45) is 0.0153. The number of likely N-dealkylation sites (N-methyl/N-ethyl adjacent to an activating group) is 1. The smallest absolute Gasteiger partial charge is 0.295 e. The van der Waals surface area contributed by atoms with Crippen LogP contribution in [0.15, 0.2) is 54.1 Å². The molecule has 0 radical (unpaired) electrons. The van der Waals surface area contributed by atoms with Gasteiger partial charge in [0.25, 0.3) is 11.7 Å². The van der Waals surface area contributed by atoms with E-state index in [0.29, 0.717) is 42.3 Å². The Labute approximate surface area is 195 Å². The molecule has 0 aliphatic carbocycles. The number of ketones is 1. The Morgan fingerprint density at radius 2 is 1.76 bits per heavy atom. The van der Waals surface area contributed by atoms with Crippen molar-refractivity contribution < 1.29 is 24.2 Å². The third-order valence-electron chi connectivity index (χ3n) is 5.34. The highest BCUT2D eigenvalue weighted by Crippen LogP contribution is 2.42. The summed E-state index contributed by atoms with van der Waals surface area (Å²) < 4.78 is 11.5. The van der Waals surface area contributed by atoms with Crippen molar-refractivity contribution in [2.45, 2.75) is 32.9 Å². The number of aliphatic hydroxyl groups is 1. The Morgan fingerprint density at radius 3 is 2.36 bits per heavy atom. The molecule has 1 heterocycles. The van der Waals surface area contributed by atoms with Gasteiger partial charge in [0.1, 0.15) is 17.3 Å². The van der Waals surface area contributed by atoms with Crippen molar-refractivity contribution in [2.24, 2.45) is 0 Å². The molecule has 1 N–H and O–H groups in total. The highest BCUT2D eigenvalue weighted by molar-refractivity contribution is 6.46. The Morgan fingerprint density at radius 1 is 1.09 bits per heavy atom. The van der Waals surface area contributed by atoms with Gasteiger partial charge in [-0.1, -0.05) is 18.2 Å². The molecule has 0 aromatic heterocycles. The standard InChI is InChI=1S/C26H32N2O5/c1-6-32-21-10-8-7-9-20(21)23-22(25(30)26(31)28(23)16-15-27(4)5)24(29)18-11-13-19(14-12-18)33-17(2)3/h7-14,17,23,29H,6,15-16H2,1-5H3/b24-22+/t23-/m1/s1. The molecule has 7 heteroatoms. The van der Waals surface area contributed by atoms with Gasteiger partial charge >= 0.3 is 0 Å². The summed E-state index contributed by atoms with van der Waals surface area (Å²) in [4.78, 5) is 29.7. The van der Waals surface area contributed by atoms with Crippen LogP contribution in [0.25, 0.3) is 5.76 Å². The van der Waals surface area contributed by atoms with Gasteiger partial charge in [0.05, 0.1) is 24.3 Å². The van der Waals surface area contributed by atoms with E-state index in [-0.39, 0.29) is 17.4 Å². The normalized spacial score (nSPS) is 17.8. The largest absolute Gasteiger partial charge is 0.507 e. The number of nitrogens with zero attached hydrogens (tertiary/aromatic N) is 2. The lowest BCUT2D eigenvalue weighted by Crippen LogP contribution is -2.35. The average molecular weight is 453 g/mol. The summed E-state index contributed by atoms with van der Waals surface area (Å²) in [5.41, 5.74) is 1.16. The van der Waals surface area contributed by atoms with Crippen molar-refractivity contribution in [3.05, 3.63) is 65.2 Å². The highest BCUT2D eigenvalue weighted by Gasteiger charge is 2.46. The molecule has 33 heavy (non-hydrogen) atoms. The number of amides is 1. The first-order chi connectivity index (χ1) is 15.7. The molecule has 1 saturated heterocycles. The molecule has 2 aromatic rings. The number of hydrogen-bond acceptors (Lipinski definition) is 6. The lowest BCUT2D eigenvalue weighted by atomic mass is 9.94. The van der Waals surface area contributed by atoms with Crippen molar-refractivity contribution in [3.8, 4) is 11.5 Å². The number of rotatable bonds is 9. The molecule has 1 fully saturated rings. The van der Waals surface area contributed by atoms with E-state index in [1.54, 1.807) is 24.3 Å². The highest BCUT2D eigenvalue weighted by atomic mass is 16.5. The molecular formula is C26H32N2O5. The summed E-state index contributed by atoms with van der Waals surface area (Å²) in [6.45, 7) is 7.08. The van der Waals surface area contributed by atoms with Gasteiger partial charge in [0.2, 0.25) is 0 Å².